The van der Waals surface area contributed by atoms with Gasteiger partial charge >= 0.3 is 0 Å². The minimum absolute atomic E-state index is 0.679. The summed E-state index contributed by atoms with van der Waals surface area (Å²) in [5.74, 6) is 1.79. The lowest BCUT2D eigenvalue weighted by Crippen LogP contribution is -2.33. The Bertz CT molecular complexity index is 377. The quantitative estimate of drug-likeness (QED) is 0.804. The molecule has 1 saturated carbocycles. The summed E-state index contributed by atoms with van der Waals surface area (Å²) in [6, 6.07) is 9.12. The number of hydrogen-bond donors (Lipinski definition) is 1. The second-order valence-electron chi connectivity index (χ2n) is 5.68. The van der Waals surface area contributed by atoms with E-state index in [1.54, 1.807) is 0 Å². The second-order valence-corrected chi connectivity index (χ2v) is 5.68. The van der Waals surface area contributed by atoms with Gasteiger partial charge in [0.05, 0.1) is 6.61 Å². The molecule has 0 bridgehead atoms. The van der Waals surface area contributed by atoms with E-state index >= 15 is 0 Å². The molecule has 1 aliphatic rings. The van der Waals surface area contributed by atoms with Crippen LogP contribution in [0.15, 0.2) is 24.3 Å². The second kappa shape index (κ2) is 7.54. The van der Waals surface area contributed by atoms with Crippen LogP contribution in [-0.4, -0.2) is 12.6 Å². The summed E-state index contributed by atoms with van der Waals surface area (Å²) in [4.78, 5) is 0. The fourth-order valence-electron chi connectivity index (χ4n) is 2.96. The molecule has 2 nitrogen and oxygen atoms in total. The molecule has 1 N–H and O–H groups in total. The molecule has 0 spiro atoms. The summed E-state index contributed by atoms with van der Waals surface area (Å²) in [5, 5.41) is 3.74. The van der Waals surface area contributed by atoms with Gasteiger partial charge in [0.25, 0.3) is 0 Å². The Morgan fingerprint density at radius 1 is 1.21 bits per heavy atom. The molecule has 2 unspecified atom stereocenters. The van der Waals surface area contributed by atoms with E-state index in [2.05, 4.69) is 30.4 Å². The topological polar surface area (TPSA) is 21.3 Å². The Kier molecular flexibility index (Phi) is 5.71. The van der Waals surface area contributed by atoms with Gasteiger partial charge < -0.3 is 10.1 Å². The smallest absolute Gasteiger partial charge is 0.119 e. The van der Waals surface area contributed by atoms with Crippen molar-refractivity contribution < 1.29 is 4.74 Å². The van der Waals surface area contributed by atoms with Crippen LogP contribution >= 0.6 is 0 Å². The SMILES string of the molecule is CCOc1cccc(CNC2CCCCCC2C)c1. The molecule has 0 radical (unpaired) electrons. The van der Waals surface area contributed by atoms with Crippen LogP contribution in [0, 0.1) is 5.92 Å². The van der Waals surface area contributed by atoms with Crippen molar-refractivity contribution in [2.24, 2.45) is 5.92 Å². The molecule has 1 aromatic carbocycles. The molecular weight excluding hydrogens is 234 g/mol. The number of ether oxygens (including phenoxy) is 1. The average molecular weight is 261 g/mol. The van der Waals surface area contributed by atoms with Crippen LogP contribution in [0.3, 0.4) is 0 Å². The van der Waals surface area contributed by atoms with Crippen LogP contribution in [-0.2, 0) is 6.54 Å². The minimum atomic E-state index is 0.679. The summed E-state index contributed by atoms with van der Waals surface area (Å²) >= 11 is 0. The largest absolute Gasteiger partial charge is 0.494 e. The molecule has 2 rings (SSSR count). The molecule has 1 fully saturated rings. The van der Waals surface area contributed by atoms with Gasteiger partial charge in [0.15, 0.2) is 0 Å². The van der Waals surface area contributed by atoms with Crippen LogP contribution in [0.2, 0.25) is 0 Å². The van der Waals surface area contributed by atoms with Crippen LogP contribution in [0.4, 0.5) is 0 Å². The molecule has 0 saturated heterocycles. The lowest BCUT2D eigenvalue weighted by molar-refractivity contribution is 0.338. The lowest BCUT2D eigenvalue weighted by Gasteiger charge is -2.23. The number of hydrogen-bond acceptors (Lipinski definition) is 2. The van der Waals surface area contributed by atoms with Gasteiger partial charge in [-0.25, -0.2) is 0 Å². The van der Waals surface area contributed by atoms with Crippen molar-refractivity contribution >= 4 is 0 Å². The zero-order valence-corrected chi connectivity index (χ0v) is 12.3. The monoisotopic (exact) mass is 261 g/mol. The van der Waals surface area contributed by atoms with Crippen molar-refractivity contribution in [1.29, 1.82) is 0 Å². The third-order valence-electron chi connectivity index (χ3n) is 4.14. The molecule has 1 aliphatic carbocycles. The molecule has 1 aromatic rings. The van der Waals surface area contributed by atoms with E-state index in [4.69, 9.17) is 4.74 Å². The van der Waals surface area contributed by atoms with Gasteiger partial charge in [-0.2, -0.15) is 0 Å². The average Bonchev–Trinajstić information content (AvgIpc) is 2.62. The van der Waals surface area contributed by atoms with Gasteiger partial charge in [-0.05, 0) is 43.4 Å². The first kappa shape index (κ1) is 14.4. The first-order valence-electron chi connectivity index (χ1n) is 7.74. The maximum Gasteiger partial charge on any atom is 0.119 e. The molecular formula is C17H27NO. The molecule has 106 valence electrons. The first-order chi connectivity index (χ1) is 9.29. The zero-order chi connectivity index (χ0) is 13.5. The highest BCUT2D eigenvalue weighted by atomic mass is 16.5. The Hall–Kier alpha value is -1.02. The molecule has 0 aromatic heterocycles. The fraction of sp³-hybridized carbons (Fsp3) is 0.647. The first-order valence-corrected chi connectivity index (χ1v) is 7.74. The van der Waals surface area contributed by atoms with Crippen LogP contribution < -0.4 is 10.1 Å². The third kappa shape index (κ3) is 4.54. The van der Waals surface area contributed by atoms with E-state index in [1.807, 2.05) is 13.0 Å². The van der Waals surface area contributed by atoms with Crippen LogP contribution in [0.1, 0.15) is 51.5 Å². The van der Waals surface area contributed by atoms with E-state index in [1.165, 1.54) is 37.7 Å². The summed E-state index contributed by atoms with van der Waals surface area (Å²) in [6.45, 7) is 6.10. The number of benzene rings is 1. The van der Waals surface area contributed by atoms with Gasteiger partial charge in [0.2, 0.25) is 0 Å². The summed E-state index contributed by atoms with van der Waals surface area (Å²) in [7, 11) is 0. The molecule has 2 atom stereocenters. The Morgan fingerprint density at radius 2 is 2.05 bits per heavy atom. The van der Waals surface area contributed by atoms with Crippen molar-refractivity contribution in [3.05, 3.63) is 29.8 Å². The van der Waals surface area contributed by atoms with Crippen molar-refractivity contribution in [2.45, 2.75) is 58.5 Å². The lowest BCUT2D eigenvalue weighted by atomic mass is 9.97. The zero-order valence-electron chi connectivity index (χ0n) is 12.3. The van der Waals surface area contributed by atoms with Gasteiger partial charge in [0.1, 0.15) is 5.75 Å². The predicted molar refractivity (Wildman–Crippen MR) is 80.5 cm³/mol. The number of nitrogens with one attached hydrogen (secondary N) is 1. The predicted octanol–water partition coefficient (Wildman–Crippen LogP) is 4.14. The fourth-order valence-corrected chi connectivity index (χ4v) is 2.96. The van der Waals surface area contributed by atoms with E-state index < -0.39 is 0 Å². The van der Waals surface area contributed by atoms with Crippen molar-refractivity contribution in [1.82, 2.24) is 5.32 Å². The van der Waals surface area contributed by atoms with Crippen LogP contribution in [0.5, 0.6) is 5.75 Å². The molecule has 0 amide bonds. The van der Waals surface area contributed by atoms with Gasteiger partial charge in [-0.1, -0.05) is 38.3 Å². The van der Waals surface area contributed by atoms with E-state index in [0.717, 1.165) is 24.8 Å². The Morgan fingerprint density at radius 3 is 2.89 bits per heavy atom. The third-order valence-corrected chi connectivity index (χ3v) is 4.14. The van der Waals surface area contributed by atoms with Crippen molar-refractivity contribution in [2.75, 3.05) is 6.61 Å². The van der Waals surface area contributed by atoms with Crippen molar-refractivity contribution in [3.63, 3.8) is 0 Å². The molecule has 0 heterocycles. The number of rotatable bonds is 5. The van der Waals surface area contributed by atoms with Crippen LogP contribution in [0.25, 0.3) is 0 Å². The highest BCUT2D eigenvalue weighted by Gasteiger charge is 2.18. The Labute approximate surface area is 117 Å². The standard InChI is InChI=1S/C17H27NO/c1-3-19-16-10-7-9-15(12-16)13-18-17-11-6-4-5-8-14(17)2/h7,9-10,12,14,17-18H,3-6,8,11,13H2,1-2H3. The summed E-state index contributed by atoms with van der Waals surface area (Å²) in [6.07, 6.45) is 6.88. The molecule has 2 heteroatoms. The molecule has 19 heavy (non-hydrogen) atoms. The van der Waals surface area contributed by atoms with E-state index in [0.29, 0.717) is 6.04 Å². The summed E-state index contributed by atoms with van der Waals surface area (Å²) in [5.41, 5.74) is 1.32. The maximum atomic E-state index is 5.55. The highest BCUT2D eigenvalue weighted by molar-refractivity contribution is 5.28. The van der Waals surface area contributed by atoms with E-state index in [-0.39, 0.29) is 0 Å². The Balaban J connectivity index is 1.88. The van der Waals surface area contributed by atoms with Crippen molar-refractivity contribution in [3.8, 4) is 5.75 Å². The van der Waals surface area contributed by atoms with Gasteiger partial charge in [0, 0.05) is 12.6 Å². The summed E-state index contributed by atoms with van der Waals surface area (Å²) < 4.78 is 5.55. The minimum Gasteiger partial charge on any atom is -0.494 e. The maximum absolute atomic E-state index is 5.55. The van der Waals surface area contributed by atoms with Gasteiger partial charge in [-0.15, -0.1) is 0 Å². The molecule has 0 aliphatic heterocycles. The normalized spacial score (nSPS) is 23.9. The van der Waals surface area contributed by atoms with E-state index in [9.17, 15) is 0 Å². The van der Waals surface area contributed by atoms with Gasteiger partial charge in [-0.3, -0.25) is 0 Å². The highest BCUT2D eigenvalue weighted by Crippen LogP contribution is 2.23.